The minimum Gasteiger partial charge on any atom is -0.496 e. The normalized spacial score (nSPS) is 10.7. The summed E-state index contributed by atoms with van der Waals surface area (Å²) in [6.45, 7) is 1.08. The van der Waals surface area contributed by atoms with Crippen LogP contribution in [-0.2, 0) is 13.1 Å². The minimum absolute atomic E-state index is 0.246. The van der Waals surface area contributed by atoms with Crippen LogP contribution in [0.1, 0.15) is 11.1 Å². The zero-order valence-electron chi connectivity index (χ0n) is 16.0. The van der Waals surface area contributed by atoms with Crippen molar-refractivity contribution in [3.8, 4) is 5.75 Å². The predicted molar refractivity (Wildman–Crippen MR) is 114 cm³/mol. The fourth-order valence-corrected chi connectivity index (χ4v) is 3.10. The number of hydrogen-bond acceptors (Lipinski definition) is 5. The van der Waals surface area contributed by atoms with Gasteiger partial charge in [0.25, 0.3) is 0 Å². The van der Waals surface area contributed by atoms with E-state index < -0.39 is 0 Å². The highest BCUT2D eigenvalue weighted by atomic mass is 19.1. The maximum Gasteiger partial charge on any atom is 0.225 e. The van der Waals surface area contributed by atoms with Crippen molar-refractivity contribution >= 4 is 22.7 Å². The molecule has 146 valence electrons. The van der Waals surface area contributed by atoms with E-state index in [1.54, 1.807) is 19.2 Å². The maximum atomic E-state index is 13.1. The van der Waals surface area contributed by atoms with Gasteiger partial charge in [0.15, 0.2) is 0 Å². The van der Waals surface area contributed by atoms with Gasteiger partial charge in [-0.2, -0.15) is 4.98 Å². The zero-order valence-corrected chi connectivity index (χ0v) is 16.0. The first-order valence-corrected chi connectivity index (χ1v) is 9.34. The number of rotatable bonds is 7. The third-order valence-electron chi connectivity index (χ3n) is 4.61. The van der Waals surface area contributed by atoms with E-state index in [4.69, 9.17) is 4.74 Å². The molecule has 0 unspecified atom stereocenters. The predicted octanol–water partition coefficient (Wildman–Crippen LogP) is 5.00. The number of anilines is 2. The molecule has 1 heterocycles. The van der Waals surface area contributed by atoms with Crippen molar-refractivity contribution in [3.63, 3.8) is 0 Å². The van der Waals surface area contributed by atoms with Crippen molar-refractivity contribution in [2.24, 2.45) is 0 Å². The Labute approximate surface area is 168 Å². The van der Waals surface area contributed by atoms with E-state index in [2.05, 4.69) is 20.6 Å². The standard InChI is InChI=1S/C23H21FN4O/c1-29-21-9-5-2-6-17(21)15-26-23-27-20-8-4-3-7-19(20)22(28-23)25-14-16-10-12-18(24)13-11-16/h2-13H,14-15H2,1H3,(H2,25,26,27,28). The van der Waals surface area contributed by atoms with Crippen molar-refractivity contribution in [2.75, 3.05) is 17.7 Å². The molecule has 29 heavy (non-hydrogen) atoms. The Morgan fingerprint density at radius 3 is 2.41 bits per heavy atom. The van der Waals surface area contributed by atoms with Crippen molar-refractivity contribution in [2.45, 2.75) is 13.1 Å². The van der Waals surface area contributed by atoms with Gasteiger partial charge in [-0.15, -0.1) is 0 Å². The van der Waals surface area contributed by atoms with Crippen LogP contribution in [0, 0.1) is 5.82 Å². The van der Waals surface area contributed by atoms with Crippen LogP contribution in [0.4, 0.5) is 16.2 Å². The Morgan fingerprint density at radius 1 is 0.828 bits per heavy atom. The number of fused-ring (bicyclic) bond motifs is 1. The number of methoxy groups -OCH3 is 1. The van der Waals surface area contributed by atoms with Crippen LogP contribution in [0.5, 0.6) is 5.75 Å². The van der Waals surface area contributed by atoms with E-state index in [9.17, 15) is 4.39 Å². The van der Waals surface area contributed by atoms with Crippen molar-refractivity contribution in [3.05, 3.63) is 89.7 Å². The lowest BCUT2D eigenvalue weighted by Gasteiger charge is -2.13. The van der Waals surface area contributed by atoms with Crippen LogP contribution in [0.2, 0.25) is 0 Å². The number of aromatic nitrogens is 2. The fraction of sp³-hybridized carbons (Fsp3) is 0.130. The number of ether oxygens (including phenoxy) is 1. The highest BCUT2D eigenvalue weighted by Gasteiger charge is 2.09. The van der Waals surface area contributed by atoms with E-state index in [1.165, 1.54) is 12.1 Å². The molecule has 0 spiro atoms. The Morgan fingerprint density at radius 2 is 1.59 bits per heavy atom. The van der Waals surface area contributed by atoms with Gasteiger partial charge in [0, 0.05) is 24.0 Å². The second kappa shape index (κ2) is 8.56. The van der Waals surface area contributed by atoms with E-state index in [-0.39, 0.29) is 5.82 Å². The van der Waals surface area contributed by atoms with Gasteiger partial charge in [-0.05, 0) is 35.9 Å². The van der Waals surface area contributed by atoms with Gasteiger partial charge in [-0.3, -0.25) is 0 Å². The molecule has 0 saturated heterocycles. The minimum atomic E-state index is -0.246. The second-order valence-corrected chi connectivity index (χ2v) is 6.56. The van der Waals surface area contributed by atoms with Crippen molar-refractivity contribution in [1.82, 2.24) is 9.97 Å². The molecule has 0 atom stereocenters. The number of benzene rings is 3. The number of halogens is 1. The van der Waals surface area contributed by atoms with Crippen LogP contribution in [0.3, 0.4) is 0 Å². The first kappa shape index (κ1) is 18.7. The Kier molecular flexibility index (Phi) is 5.52. The number of hydrogen-bond donors (Lipinski definition) is 2. The molecule has 0 aliphatic heterocycles. The summed E-state index contributed by atoms with van der Waals surface area (Å²) in [7, 11) is 1.66. The molecular weight excluding hydrogens is 367 g/mol. The largest absolute Gasteiger partial charge is 0.496 e. The number of nitrogens with one attached hydrogen (secondary N) is 2. The number of para-hydroxylation sites is 2. The Bertz CT molecular complexity index is 1120. The van der Waals surface area contributed by atoms with Gasteiger partial charge in [0.05, 0.1) is 12.6 Å². The quantitative estimate of drug-likeness (QED) is 0.466. The molecule has 2 N–H and O–H groups in total. The van der Waals surface area contributed by atoms with E-state index in [0.717, 1.165) is 33.6 Å². The molecule has 4 rings (SSSR count). The third kappa shape index (κ3) is 4.43. The molecule has 0 amide bonds. The van der Waals surface area contributed by atoms with Gasteiger partial charge in [0.2, 0.25) is 5.95 Å². The lowest BCUT2D eigenvalue weighted by Crippen LogP contribution is -2.08. The van der Waals surface area contributed by atoms with Crippen LogP contribution in [0.15, 0.2) is 72.8 Å². The molecular formula is C23H21FN4O. The van der Waals surface area contributed by atoms with Crippen LogP contribution >= 0.6 is 0 Å². The second-order valence-electron chi connectivity index (χ2n) is 6.56. The van der Waals surface area contributed by atoms with Gasteiger partial charge in [0.1, 0.15) is 17.4 Å². The first-order valence-electron chi connectivity index (χ1n) is 9.34. The molecule has 0 radical (unpaired) electrons. The summed E-state index contributed by atoms with van der Waals surface area (Å²) in [5, 5.41) is 7.56. The Hall–Kier alpha value is -3.67. The molecule has 3 aromatic carbocycles. The van der Waals surface area contributed by atoms with Crippen LogP contribution in [0.25, 0.3) is 10.9 Å². The third-order valence-corrected chi connectivity index (χ3v) is 4.61. The van der Waals surface area contributed by atoms with Crippen molar-refractivity contribution < 1.29 is 9.13 Å². The summed E-state index contributed by atoms with van der Waals surface area (Å²) in [6, 6.07) is 22.1. The van der Waals surface area contributed by atoms with Crippen LogP contribution in [-0.4, -0.2) is 17.1 Å². The topological polar surface area (TPSA) is 59.1 Å². The SMILES string of the molecule is COc1ccccc1CNc1nc(NCc2ccc(F)cc2)c2ccccc2n1. The average molecular weight is 388 g/mol. The van der Waals surface area contributed by atoms with Crippen LogP contribution < -0.4 is 15.4 Å². The van der Waals surface area contributed by atoms with Crippen molar-refractivity contribution in [1.29, 1.82) is 0 Å². The Balaban J connectivity index is 1.57. The van der Waals surface area contributed by atoms with E-state index in [0.29, 0.717) is 19.0 Å². The highest BCUT2D eigenvalue weighted by Crippen LogP contribution is 2.24. The maximum absolute atomic E-state index is 13.1. The molecule has 6 heteroatoms. The fourth-order valence-electron chi connectivity index (χ4n) is 3.10. The molecule has 4 aromatic rings. The van der Waals surface area contributed by atoms with E-state index >= 15 is 0 Å². The van der Waals surface area contributed by atoms with Gasteiger partial charge in [-0.25, -0.2) is 9.37 Å². The zero-order chi connectivity index (χ0) is 20.1. The average Bonchev–Trinajstić information content (AvgIpc) is 2.77. The van der Waals surface area contributed by atoms with Gasteiger partial charge >= 0.3 is 0 Å². The van der Waals surface area contributed by atoms with E-state index in [1.807, 2.05) is 48.5 Å². The monoisotopic (exact) mass is 388 g/mol. The van der Waals surface area contributed by atoms with Gasteiger partial charge in [-0.1, -0.05) is 42.5 Å². The molecule has 0 saturated carbocycles. The smallest absolute Gasteiger partial charge is 0.225 e. The summed E-state index contributed by atoms with van der Waals surface area (Å²) in [5.74, 6) is 1.82. The lowest BCUT2D eigenvalue weighted by molar-refractivity contribution is 0.410. The summed E-state index contributed by atoms with van der Waals surface area (Å²) in [6.07, 6.45) is 0. The summed E-state index contributed by atoms with van der Waals surface area (Å²) in [4.78, 5) is 9.28. The summed E-state index contributed by atoms with van der Waals surface area (Å²) in [5.41, 5.74) is 2.83. The van der Waals surface area contributed by atoms with Gasteiger partial charge < -0.3 is 15.4 Å². The molecule has 1 aromatic heterocycles. The number of nitrogens with zero attached hydrogens (tertiary/aromatic N) is 2. The lowest BCUT2D eigenvalue weighted by atomic mass is 10.2. The molecule has 0 aliphatic carbocycles. The highest BCUT2D eigenvalue weighted by molar-refractivity contribution is 5.90. The first-order chi connectivity index (χ1) is 14.2. The molecule has 0 aliphatic rings. The molecule has 0 fully saturated rings. The molecule has 0 bridgehead atoms. The summed E-state index contributed by atoms with van der Waals surface area (Å²) < 4.78 is 18.5. The molecule has 5 nitrogen and oxygen atoms in total. The summed E-state index contributed by atoms with van der Waals surface area (Å²) >= 11 is 0.